The molecule has 1 aliphatic heterocycles. The second-order valence-electron chi connectivity index (χ2n) is 8.05. The van der Waals surface area contributed by atoms with Crippen LogP contribution in [0.4, 0.5) is 4.79 Å². The van der Waals surface area contributed by atoms with Crippen LogP contribution in [0.3, 0.4) is 0 Å². The van der Waals surface area contributed by atoms with Gasteiger partial charge in [-0.1, -0.05) is 0 Å². The number of carbonyl (C=O) groups is 2. The van der Waals surface area contributed by atoms with Gasteiger partial charge in [-0.05, 0) is 0 Å². The standard InChI is InChI=1S/C20H28N2O5Se/c1-19(2,3)27-18(24)21-14(17(23)25-6)11-28-15-10-8-7-9-13(15)16-22-20(4,5)12-26-16/h7-10,14H,11-12H2,1-6H3,(H,21,24)/t14-/m0/s1. The first kappa shape index (κ1) is 22.2. The van der Waals surface area contributed by atoms with Crippen molar-refractivity contribution in [1.82, 2.24) is 5.32 Å². The fourth-order valence-corrected chi connectivity index (χ4v) is 4.63. The van der Waals surface area contributed by atoms with Crippen LogP contribution in [-0.2, 0) is 19.0 Å². The number of nitrogens with one attached hydrogen (secondary N) is 1. The summed E-state index contributed by atoms with van der Waals surface area (Å²) in [7, 11) is 1.30. The number of ether oxygens (including phenoxy) is 3. The Bertz CT molecular complexity index is 755. The molecule has 1 aromatic carbocycles. The Kier molecular flexibility index (Phi) is 7.12. The molecule has 28 heavy (non-hydrogen) atoms. The maximum atomic E-state index is 12.1. The topological polar surface area (TPSA) is 86.2 Å². The van der Waals surface area contributed by atoms with E-state index in [0.29, 0.717) is 17.8 Å². The summed E-state index contributed by atoms with van der Waals surface area (Å²) >= 11 is -0.122. The van der Waals surface area contributed by atoms with Crippen molar-refractivity contribution in [2.24, 2.45) is 4.99 Å². The zero-order valence-corrected chi connectivity index (χ0v) is 18.9. The summed E-state index contributed by atoms with van der Waals surface area (Å²) < 4.78 is 16.9. The van der Waals surface area contributed by atoms with Gasteiger partial charge in [0.2, 0.25) is 0 Å². The van der Waals surface area contributed by atoms with Crippen molar-refractivity contribution in [3.05, 3.63) is 29.8 Å². The first-order valence-corrected chi connectivity index (χ1v) is 11.1. The zero-order chi connectivity index (χ0) is 20.9. The molecular weight excluding hydrogens is 427 g/mol. The van der Waals surface area contributed by atoms with Crippen LogP contribution in [0, 0.1) is 0 Å². The fraction of sp³-hybridized carbons (Fsp3) is 0.550. The summed E-state index contributed by atoms with van der Waals surface area (Å²) in [5.74, 6) is 0.123. The number of benzene rings is 1. The molecule has 0 unspecified atom stereocenters. The van der Waals surface area contributed by atoms with Gasteiger partial charge in [-0.25, -0.2) is 0 Å². The molecule has 0 aliphatic carbocycles. The van der Waals surface area contributed by atoms with E-state index in [1.165, 1.54) is 7.11 Å². The molecule has 1 amide bonds. The maximum absolute atomic E-state index is 12.1. The van der Waals surface area contributed by atoms with Crippen LogP contribution >= 0.6 is 0 Å². The van der Waals surface area contributed by atoms with Gasteiger partial charge in [0.05, 0.1) is 0 Å². The number of nitrogens with zero attached hydrogens (tertiary/aromatic N) is 1. The van der Waals surface area contributed by atoms with E-state index in [9.17, 15) is 9.59 Å². The van der Waals surface area contributed by atoms with Crippen molar-refractivity contribution in [2.45, 2.75) is 57.1 Å². The van der Waals surface area contributed by atoms with E-state index in [4.69, 9.17) is 14.2 Å². The second-order valence-corrected chi connectivity index (χ2v) is 10.3. The van der Waals surface area contributed by atoms with Crippen molar-refractivity contribution in [3.8, 4) is 0 Å². The third kappa shape index (κ3) is 6.53. The Balaban J connectivity index is 2.11. The first-order chi connectivity index (χ1) is 13.0. The van der Waals surface area contributed by atoms with Crippen molar-refractivity contribution in [3.63, 3.8) is 0 Å². The minimum absolute atomic E-state index is 0.122. The summed E-state index contributed by atoms with van der Waals surface area (Å²) in [5, 5.41) is 3.04. The number of amides is 1. The first-order valence-electron chi connectivity index (χ1n) is 9.03. The van der Waals surface area contributed by atoms with Crippen LogP contribution in [0.2, 0.25) is 5.32 Å². The second kappa shape index (κ2) is 8.97. The number of methoxy groups -OCH3 is 1. The molecule has 8 heteroatoms. The average molecular weight is 455 g/mol. The fourth-order valence-electron chi connectivity index (χ4n) is 2.43. The van der Waals surface area contributed by atoms with Gasteiger partial charge in [-0.15, -0.1) is 0 Å². The molecule has 0 radical (unpaired) electrons. The van der Waals surface area contributed by atoms with Crippen LogP contribution in [0.25, 0.3) is 0 Å². The Morgan fingerprint density at radius 3 is 2.57 bits per heavy atom. The van der Waals surface area contributed by atoms with Gasteiger partial charge in [0.25, 0.3) is 0 Å². The van der Waals surface area contributed by atoms with Crippen LogP contribution in [-0.4, -0.2) is 63.8 Å². The summed E-state index contributed by atoms with van der Waals surface area (Å²) in [6.45, 7) is 9.88. The normalized spacial score (nSPS) is 16.6. The molecule has 154 valence electrons. The molecule has 1 N–H and O–H groups in total. The summed E-state index contributed by atoms with van der Waals surface area (Å²) in [6, 6.07) is 7.05. The number of aliphatic imine (C=N–C) groups is 1. The van der Waals surface area contributed by atoms with E-state index < -0.39 is 23.7 Å². The van der Waals surface area contributed by atoms with Crippen LogP contribution < -0.4 is 9.78 Å². The third-order valence-electron chi connectivity index (χ3n) is 3.67. The molecule has 2 rings (SSSR count). The Hall–Kier alpha value is -2.05. The Labute approximate surface area is 172 Å². The number of rotatable bonds is 6. The molecule has 0 bridgehead atoms. The van der Waals surface area contributed by atoms with E-state index in [-0.39, 0.29) is 20.5 Å². The molecule has 0 aromatic heterocycles. The van der Waals surface area contributed by atoms with Gasteiger partial charge >= 0.3 is 172 Å². The van der Waals surface area contributed by atoms with Gasteiger partial charge in [-0.2, -0.15) is 0 Å². The van der Waals surface area contributed by atoms with E-state index in [1.807, 2.05) is 38.1 Å². The number of hydrogen-bond acceptors (Lipinski definition) is 6. The predicted octanol–water partition coefficient (Wildman–Crippen LogP) is 2.06. The number of carbonyl (C=O) groups excluding carboxylic acids is 2. The summed E-state index contributed by atoms with van der Waals surface area (Å²) in [6.07, 6.45) is -0.641. The molecule has 1 atom stereocenters. The molecule has 0 saturated heterocycles. The van der Waals surface area contributed by atoms with Crippen molar-refractivity contribution in [2.75, 3.05) is 13.7 Å². The molecule has 0 fully saturated rings. The molecule has 1 aromatic rings. The number of hydrogen-bond donors (Lipinski definition) is 1. The Morgan fingerprint density at radius 2 is 2.00 bits per heavy atom. The zero-order valence-electron chi connectivity index (χ0n) is 17.2. The van der Waals surface area contributed by atoms with Crippen molar-refractivity contribution >= 4 is 37.4 Å². The van der Waals surface area contributed by atoms with Crippen molar-refractivity contribution < 1.29 is 23.8 Å². The molecule has 0 spiro atoms. The molecular formula is C20H28N2O5Se. The van der Waals surface area contributed by atoms with Gasteiger partial charge in [0, 0.05) is 0 Å². The average Bonchev–Trinajstić information content (AvgIpc) is 2.96. The third-order valence-corrected chi connectivity index (χ3v) is 6.11. The van der Waals surface area contributed by atoms with Gasteiger partial charge in [0.1, 0.15) is 0 Å². The molecule has 1 heterocycles. The van der Waals surface area contributed by atoms with Crippen LogP contribution in [0.5, 0.6) is 0 Å². The van der Waals surface area contributed by atoms with Gasteiger partial charge < -0.3 is 0 Å². The SMILES string of the molecule is COC(=O)[C@H](C[Se]c1ccccc1C1=NC(C)(C)CO1)NC(=O)OC(C)(C)C. The number of esters is 1. The van der Waals surface area contributed by atoms with Crippen LogP contribution in [0.15, 0.2) is 29.3 Å². The molecule has 0 saturated carbocycles. The predicted molar refractivity (Wildman–Crippen MR) is 108 cm³/mol. The van der Waals surface area contributed by atoms with E-state index in [1.54, 1.807) is 20.8 Å². The Morgan fingerprint density at radius 1 is 1.32 bits per heavy atom. The number of alkyl carbamates (subject to hydrolysis) is 1. The molecule has 1 aliphatic rings. The van der Waals surface area contributed by atoms with E-state index in [2.05, 4.69) is 10.3 Å². The van der Waals surface area contributed by atoms with Crippen LogP contribution in [0.1, 0.15) is 40.2 Å². The monoisotopic (exact) mass is 456 g/mol. The summed E-state index contributed by atoms with van der Waals surface area (Å²) in [4.78, 5) is 28.8. The minimum atomic E-state index is -0.782. The molecule has 7 nitrogen and oxygen atoms in total. The van der Waals surface area contributed by atoms with E-state index >= 15 is 0 Å². The van der Waals surface area contributed by atoms with E-state index in [0.717, 1.165) is 10.0 Å². The van der Waals surface area contributed by atoms with Gasteiger partial charge in [-0.3, -0.25) is 0 Å². The van der Waals surface area contributed by atoms with Gasteiger partial charge in [0.15, 0.2) is 0 Å². The quantitative estimate of drug-likeness (QED) is 0.524. The van der Waals surface area contributed by atoms with Crippen molar-refractivity contribution in [1.29, 1.82) is 0 Å². The summed E-state index contributed by atoms with van der Waals surface area (Å²) in [5.41, 5.74) is 0.0316.